The number of hydrogen-bond donors (Lipinski definition) is 2. The number of amides is 1. The van der Waals surface area contributed by atoms with Crippen molar-refractivity contribution in [2.75, 3.05) is 6.61 Å². The van der Waals surface area contributed by atoms with E-state index in [9.17, 15) is 9.90 Å². The van der Waals surface area contributed by atoms with E-state index in [0.717, 1.165) is 5.56 Å². The molecular weight excluding hydrogens is 306 g/mol. The summed E-state index contributed by atoms with van der Waals surface area (Å²) in [5, 5.41) is 23.8. The number of tetrazole rings is 1. The number of aliphatic hydroxyl groups excluding tert-OH is 1. The first kappa shape index (κ1) is 15.8. The van der Waals surface area contributed by atoms with Gasteiger partial charge < -0.3 is 10.4 Å². The van der Waals surface area contributed by atoms with Crippen LogP contribution < -0.4 is 5.32 Å². The van der Waals surface area contributed by atoms with Crippen LogP contribution in [0.3, 0.4) is 0 Å². The van der Waals surface area contributed by atoms with Gasteiger partial charge in [-0.1, -0.05) is 42.5 Å². The summed E-state index contributed by atoms with van der Waals surface area (Å²) in [6, 6.07) is 15.9. The van der Waals surface area contributed by atoms with Crippen molar-refractivity contribution in [2.45, 2.75) is 13.0 Å². The minimum atomic E-state index is -0.485. The van der Waals surface area contributed by atoms with E-state index < -0.39 is 6.04 Å². The van der Waals surface area contributed by atoms with Gasteiger partial charge in [-0.3, -0.25) is 4.79 Å². The third kappa shape index (κ3) is 3.16. The molecule has 0 spiro atoms. The number of hydrogen-bond acceptors (Lipinski definition) is 5. The number of carbonyl (C=O) groups is 1. The van der Waals surface area contributed by atoms with Gasteiger partial charge in [-0.25, -0.2) is 0 Å². The van der Waals surface area contributed by atoms with E-state index in [1.807, 2.05) is 36.4 Å². The molecule has 1 heterocycles. The fourth-order valence-electron chi connectivity index (χ4n) is 2.46. The van der Waals surface area contributed by atoms with Gasteiger partial charge >= 0.3 is 0 Å². The summed E-state index contributed by atoms with van der Waals surface area (Å²) >= 11 is 0. The summed E-state index contributed by atoms with van der Waals surface area (Å²) in [4.78, 5) is 12.7. The average Bonchev–Trinajstić information content (AvgIpc) is 3.06. The SMILES string of the molecule is Cc1nnnn1-c1ccccc1C(=O)N[C@H](CO)c1ccccc1. The first-order chi connectivity index (χ1) is 11.7. The summed E-state index contributed by atoms with van der Waals surface area (Å²) in [5.74, 6) is 0.278. The molecule has 0 aliphatic rings. The summed E-state index contributed by atoms with van der Waals surface area (Å²) < 4.78 is 1.51. The zero-order valence-corrected chi connectivity index (χ0v) is 13.1. The highest BCUT2D eigenvalue weighted by Gasteiger charge is 2.19. The fourth-order valence-corrected chi connectivity index (χ4v) is 2.46. The van der Waals surface area contributed by atoms with Crippen molar-refractivity contribution in [2.24, 2.45) is 0 Å². The zero-order chi connectivity index (χ0) is 16.9. The molecule has 0 fully saturated rings. The number of nitrogens with one attached hydrogen (secondary N) is 1. The van der Waals surface area contributed by atoms with E-state index in [-0.39, 0.29) is 12.5 Å². The van der Waals surface area contributed by atoms with Crippen LogP contribution in [-0.4, -0.2) is 37.8 Å². The highest BCUT2D eigenvalue weighted by molar-refractivity contribution is 5.98. The highest BCUT2D eigenvalue weighted by atomic mass is 16.3. The van der Waals surface area contributed by atoms with Gasteiger partial charge in [0.1, 0.15) is 0 Å². The second-order valence-corrected chi connectivity index (χ2v) is 5.27. The molecule has 0 saturated carbocycles. The van der Waals surface area contributed by atoms with E-state index in [2.05, 4.69) is 20.8 Å². The molecule has 3 rings (SSSR count). The lowest BCUT2D eigenvalue weighted by Crippen LogP contribution is -2.31. The topological polar surface area (TPSA) is 92.9 Å². The lowest BCUT2D eigenvalue weighted by atomic mass is 10.1. The summed E-state index contributed by atoms with van der Waals surface area (Å²) in [5.41, 5.74) is 1.86. The number of aromatic nitrogens is 4. The Morgan fingerprint density at radius 3 is 2.54 bits per heavy atom. The first-order valence-electron chi connectivity index (χ1n) is 7.51. The molecule has 0 radical (unpaired) electrons. The van der Waals surface area contributed by atoms with E-state index in [1.165, 1.54) is 4.68 Å². The largest absolute Gasteiger partial charge is 0.394 e. The molecule has 3 aromatic rings. The van der Waals surface area contributed by atoms with Gasteiger partial charge in [-0.15, -0.1) is 5.10 Å². The standard InChI is InChI=1S/C17H17N5O2/c1-12-19-20-21-22(12)16-10-6-5-9-14(16)17(24)18-15(11-23)13-7-3-2-4-8-13/h2-10,15,23H,11H2,1H3,(H,18,24)/t15-/m1/s1. The Labute approximate surface area is 138 Å². The van der Waals surface area contributed by atoms with Crippen LogP contribution >= 0.6 is 0 Å². The smallest absolute Gasteiger partial charge is 0.254 e. The number of nitrogens with zero attached hydrogens (tertiary/aromatic N) is 4. The Morgan fingerprint density at radius 1 is 1.17 bits per heavy atom. The second kappa shape index (κ2) is 7.01. The lowest BCUT2D eigenvalue weighted by molar-refractivity contribution is 0.0916. The third-order valence-corrected chi connectivity index (χ3v) is 3.69. The van der Waals surface area contributed by atoms with E-state index in [1.54, 1.807) is 25.1 Å². The molecule has 7 heteroatoms. The maximum atomic E-state index is 12.7. The molecule has 122 valence electrons. The van der Waals surface area contributed by atoms with Crippen LogP contribution in [-0.2, 0) is 0 Å². The van der Waals surface area contributed by atoms with Crippen LogP contribution in [0.4, 0.5) is 0 Å². The number of benzene rings is 2. The molecule has 0 unspecified atom stereocenters. The molecule has 0 saturated heterocycles. The molecule has 0 aliphatic heterocycles. The molecule has 1 amide bonds. The molecule has 1 atom stereocenters. The van der Waals surface area contributed by atoms with Crippen LogP contribution in [0.1, 0.15) is 27.8 Å². The van der Waals surface area contributed by atoms with Crippen LogP contribution in [0.25, 0.3) is 5.69 Å². The van der Waals surface area contributed by atoms with Gasteiger partial charge in [0.25, 0.3) is 5.91 Å². The predicted molar refractivity (Wildman–Crippen MR) is 87.6 cm³/mol. The Balaban J connectivity index is 1.90. The molecule has 0 aliphatic carbocycles. The predicted octanol–water partition coefficient (Wildman–Crippen LogP) is 1.43. The van der Waals surface area contributed by atoms with Gasteiger partial charge in [0.2, 0.25) is 0 Å². The van der Waals surface area contributed by atoms with Crippen molar-refractivity contribution in [1.29, 1.82) is 0 Å². The quantitative estimate of drug-likeness (QED) is 0.741. The van der Waals surface area contributed by atoms with Gasteiger partial charge in [-0.05, 0) is 35.0 Å². The summed E-state index contributed by atoms with van der Waals surface area (Å²) in [6.45, 7) is 1.57. The monoisotopic (exact) mass is 323 g/mol. The number of para-hydroxylation sites is 1. The Kier molecular flexibility index (Phi) is 4.62. The van der Waals surface area contributed by atoms with E-state index in [4.69, 9.17) is 0 Å². The van der Waals surface area contributed by atoms with Crippen molar-refractivity contribution < 1.29 is 9.90 Å². The minimum absolute atomic E-state index is 0.193. The molecular formula is C17H17N5O2. The number of carbonyl (C=O) groups excluding carboxylic acids is 1. The Bertz CT molecular complexity index is 832. The molecule has 1 aromatic heterocycles. The second-order valence-electron chi connectivity index (χ2n) is 5.27. The van der Waals surface area contributed by atoms with Crippen LogP contribution in [0.2, 0.25) is 0 Å². The van der Waals surface area contributed by atoms with Gasteiger partial charge in [-0.2, -0.15) is 4.68 Å². The number of aryl methyl sites for hydroxylation is 1. The minimum Gasteiger partial charge on any atom is -0.394 e. The van der Waals surface area contributed by atoms with Gasteiger partial charge in [0, 0.05) is 0 Å². The molecule has 2 aromatic carbocycles. The average molecular weight is 323 g/mol. The maximum absolute atomic E-state index is 12.7. The lowest BCUT2D eigenvalue weighted by Gasteiger charge is -2.18. The van der Waals surface area contributed by atoms with Crippen LogP contribution in [0, 0.1) is 6.92 Å². The van der Waals surface area contributed by atoms with Crippen molar-refractivity contribution >= 4 is 5.91 Å². The Hall–Kier alpha value is -3.06. The highest BCUT2D eigenvalue weighted by Crippen LogP contribution is 2.17. The maximum Gasteiger partial charge on any atom is 0.254 e. The molecule has 2 N–H and O–H groups in total. The third-order valence-electron chi connectivity index (χ3n) is 3.69. The molecule has 24 heavy (non-hydrogen) atoms. The van der Waals surface area contributed by atoms with E-state index >= 15 is 0 Å². The first-order valence-corrected chi connectivity index (χ1v) is 7.51. The van der Waals surface area contributed by atoms with Gasteiger partial charge in [0.15, 0.2) is 5.82 Å². The van der Waals surface area contributed by atoms with Gasteiger partial charge in [0.05, 0.1) is 23.9 Å². The van der Waals surface area contributed by atoms with E-state index in [0.29, 0.717) is 17.1 Å². The number of rotatable bonds is 5. The molecule has 0 bridgehead atoms. The number of aliphatic hydroxyl groups is 1. The van der Waals surface area contributed by atoms with Crippen LogP contribution in [0.15, 0.2) is 54.6 Å². The fraction of sp³-hybridized carbons (Fsp3) is 0.176. The summed E-state index contributed by atoms with van der Waals surface area (Å²) in [7, 11) is 0. The van der Waals surface area contributed by atoms with Crippen molar-refractivity contribution in [3.63, 3.8) is 0 Å². The normalized spacial score (nSPS) is 11.9. The van der Waals surface area contributed by atoms with Crippen LogP contribution in [0.5, 0.6) is 0 Å². The van der Waals surface area contributed by atoms with Crippen molar-refractivity contribution in [1.82, 2.24) is 25.5 Å². The summed E-state index contributed by atoms with van der Waals surface area (Å²) in [6.07, 6.45) is 0. The van der Waals surface area contributed by atoms with Crippen molar-refractivity contribution in [3.05, 3.63) is 71.5 Å². The molecule has 7 nitrogen and oxygen atoms in total. The zero-order valence-electron chi connectivity index (χ0n) is 13.1. The van der Waals surface area contributed by atoms with Crippen molar-refractivity contribution in [3.8, 4) is 5.69 Å². The Morgan fingerprint density at radius 2 is 1.88 bits per heavy atom.